The molecular formula is C14H23N3O3. The van der Waals surface area contributed by atoms with E-state index in [0.717, 1.165) is 25.2 Å². The molecular weight excluding hydrogens is 258 g/mol. The molecule has 0 aromatic carbocycles. The Kier molecular flexibility index (Phi) is 5.14. The van der Waals surface area contributed by atoms with E-state index in [-0.39, 0.29) is 18.0 Å². The van der Waals surface area contributed by atoms with Crippen molar-refractivity contribution in [1.29, 1.82) is 0 Å². The van der Waals surface area contributed by atoms with Crippen molar-refractivity contribution in [2.75, 3.05) is 31.2 Å². The zero-order valence-corrected chi connectivity index (χ0v) is 12.2. The van der Waals surface area contributed by atoms with E-state index in [1.165, 1.54) is 4.68 Å². The van der Waals surface area contributed by atoms with Gasteiger partial charge in [0.15, 0.2) is 0 Å². The van der Waals surface area contributed by atoms with E-state index in [1.807, 2.05) is 13.8 Å². The Morgan fingerprint density at radius 1 is 1.45 bits per heavy atom. The molecule has 2 unspecified atom stereocenters. The minimum absolute atomic E-state index is 0.155. The van der Waals surface area contributed by atoms with Gasteiger partial charge in [-0.05, 0) is 5.92 Å². The van der Waals surface area contributed by atoms with Crippen LogP contribution in [-0.2, 0) is 11.3 Å². The summed E-state index contributed by atoms with van der Waals surface area (Å²) >= 11 is 0. The molecule has 0 bridgehead atoms. The highest BCUT2D eigenvalue weighted by Crippen LogP contribution is 2.12. The molecule has 1 aromatic heterocycles. The molecule has 2 rings (SSSR count). The number of ether oxygens (including phenoxy) is 1. The van der Waals surface area contributed by atoms with Crippen molar-refractivity contribution in [2.24, 2.45) is 5.92 Å². The van der Waals surface area contributed by atoms with Crippen molar-refractivity contribution < 1.29 is 9.84 Å². The number of morpholine rings is 1. The van der Waals surface area contributed by atoms with Gasteiger partial charge in [0.1, 0.15) is 0 Å². The first kappa shape index (κ1) is 15.0. The van der Waals surface area contributed by atoms with Gasteiger partial charge in [0.05, 0.1) is 37.7 Å². The molecule has 0 amide bonds. The van der Waals surface area contributed by atoms with Crippen LogP contribution >= 0.6 is 0 Å². The van der Waals surface area contributed by atoms with Crippen molar-refractivity contribution in [3.63, 3.8) is 0 Å². The lowest BCUT2D eigenvalue weighted by atomic mass is 10.0. The smallest absolute Gasteiger partial charge is 0.268 e. The van der Waals surface area contributed by atoms with Crippen LogP contribution < -0.4 is 10.5 Å². The fourth-order valence-electron chi connectivity index (χ4n) is 2.18. The molecule has 1 saturated heterocycles. The van der Waals surface area contributed by atoms with Gasteiger partial charge in [-0.25, -0.2) is 4.68 Å². The van der Waals surface area contributed by atoms with Gasteiger partial charge in [-0.15, -0.1) is 0 Å². The van der Waals surface area contributed by atoms with Crippen LogP contribution in [0.5, 0.6) is 0 Å². The van der Waals surface area contributed by atoms with Crippen LogP contribution in [0.2, 0.25) is 0 Å². The molecule has 2 atom stereocenters. The van der Waals surface area contributed by atoms with Gasteiger partial charge < -0.3 is 14.7 Å². The second-order valence-electron chi connectivity index (χ2n) is 5.29. The van der Waals surface area contributed by atoms with Gasteiger partial charge in [0, 0.05) is 19.2 Å². The minimum atomic E-state index is -0.542. The summed E-state index contributed by atoms with van der Waals surface area (Å²) in [5.41, 5.74) is 0.656. The van der Waals surface area contributed by atoms with E-state index in [4.69, 9.17) is 4.74 Å². The quantitative estimate of drug-likeness (QED) is 0.850. The highest BCUT2D eigenvalue weighted by atomic mass is 16.5. The Balaban J connectivity index is 2.07. The molecule has 2 heterocycles. The number of aromatic nitrogens is 2. The number of aliphatic hydroxyl groups is 1. The lowest BCUT2D eigenvalue weighted by molar-refractivity contribution is 0.0912. The molecule has 0 aliphatic carbocycles. The molecule has 112 valence electrons. The van der Waals surface area contributed by atoms with Crippen molar-refractivity contribution in [1.82, 2.24) is 9.78 Å². The maximum atomic E-state index is 12.1. The van der Waals surface area contributed by atoms with Crippen molar-refractivity contribution in [3.05, 3.63) is 22.6 Å². The molecule has 1 aliphatic heterocycles. The van der Waals surface area contributed by atoms with Crippen LogP contribution in [0.25, 0.3) is 0 Å². The Hall–Kier alpha value is -1.40. The first-order chi connectivity index (χ1) is 9.61. The monoisotopic (exact) mass is 281 g/mol. The van der Waals surface area contributed by atoms with E-state index in [9.17, 15) is 9.90 Å². The van der Waals surface area contributed by atoms with Crippen LogP contribution in [0.15, 0.2) is 17.1 Å². The maximum Gasteiger partial charge on any atom is 0.268 e. The number of anilines is 1. The number of hydrogen-bond donors (Lipinski definition) is 1. The molecule has 6 heteroatoms. The van der Waals surface area contributed by atoms with E-state index in [1.54, 1.807) is 12.3 Å². The van der Waals surface area contributed by atoms with Gasteiger partial charge >= 0.3 is 0 Å². The lowest BCUT2D eigenvalue weighted by Crippen LogP contribution is -2.38. The third kappa shape index (κ3) is 3.58. The zero-order chi connectivity index (χ0) is 14.5. The Morgan fingerprint density at radius 3 is 2.75 bits per heavy atom. The van der Waals surface area contributed by atoms with Crippen molar-refractivity contribution in [2.45, 2.75) is 32.9 Å². The van der Waals surface area contributed by atoms with E-state index < -0.39 is 6.10 Å². The van der Waals surface area contributed by atoms with Crippen molar-refractivity contribution in [3.8, 4) is 0 Å². The van der Waals surface area contributed by atoms with E-state index in [0.29, 0.717) is 13.2 Å². The average Bonchev–Trinajstić information content (AvgIpc) is 2.49. The summed E-state index contributed by atoms with van der Waals surface area (Å²) < 4.78 is 6.62. The molecule has 0 radical (unpaired) electrons. The topological polar surface area (TPSA) is 67.6 Å². The predicted molar refractivity (Wildman–Crippen MR) is 77.0 cm³/mol. The fraction of sp³-hybridized carbons (Fsp3) is 0.714. The van der Waals surface area contributed by atoms with Gasteiger partial charge in [-0.1, -0.05) is 20.3 Å². The minimum Gasteiger partial charge on any atom is -0.391 e. The molecule has 6 nitrogen and oxygen atoms in total. The summed E-state index contributed by atoms with van der Waals surface area (Å²) in [5.74, 6) is 0.155. The molecule has 1 aromatic rings. The summed E-state index contributed by atoms with van der Waals surface area (Å²) in [7, 11) is 0. The van der Waals surface area contributed by atoms with Crippen LogP contribution in [0, 0.1) is 5.92 Å². The summed E-state index contributed by atoms with van der Waals surface area (Å²) in [4.78, 5) is 14.2. The second kappa shape index (κ2) is 6.85. The highest BCUT2D eigenvalue weighted by molar-refractivity contribution is 5.43. The third-order valence-electron chi connectivity index (χ3n) is 3.89. The SMILES string of the molecule is CCC(C)C(O)Cn1ncc(N2CCOCC2)cc1=O. The Morgan fingerprint density at radius 2 is 2.15 bits per heavy atom. The maximum absolute atomic E-state index is 12.1. The highest BCUT2D eigenvalue weighted by Gasteiger charge is 2.16. The van der Waals surface area contributed by atoms with Gasteiger partial charge in [0.25, 0.3) is 5.56 Å². The molecule has 1 fully saturated rings. The summed E-state index contributed by atoms with van der Waals surface area (Å²) in [6.07, 6.45) is 2.03. The number of nitrogens with zero attached hydrogens (tertiary/aromatic N) is 3. The standard InChI is InChI=1S/C14H23N3O3/c1-3-11(2)13(18)10-17-14(19)8-12(9-15-17)16-4-6-20-7-5-16/h8-9,11,13,18H,3-7,10H2,1-2H3. The second-order valence-corrected chi connectivity index (χ2v) is 5.29. The van der Waals surface area contributed by atoms with E-state index >= 15 is 0 Å². The van der Waals surface area contributed by atoms with Crippen LogP contribution in [0.1, 0.15) is 20.3 Å². The largest absolute Gasteiger partial charge is 0.391 e. The molecule has 0 saturated carbocycles. The average molecular weight is 281 g/mol. The lowest BCUT2D eigenvalue weighted by Gasteiger charge is -2.28. The first-order valence-corrected chi connectivity index (χ1v) is 7.19. The molecule has 1 N–H and O–H groups in total. The molecule has 1 aliphatic rings. The predicted octanol–water partition coefficient (Wildman–Crippen LogP) is 0.487. The number of rotatable bonds is 5. The summed E-state index contributed by atoms with van der Waals surface area (Å²) in [6, 6.07) is 1.58. The number of hydrogen-bond acceptors (Lipinski definition) is 5. The zero-order valence-electron chi connectivity index (χ0n) is 12.2. The number of aliphatic hydroxyl groups excluding tert-OH is 1. The van der Waals surface area contributed by atoms with Gasteiger partial charge in [0.2, 0.25) is 0 Å². The molecule has 20 heavy (non-hydrogen) atoms. The normalized spacial score (nSPS) is 18.9. The molecule has 0 spiro atoms. The van der Waals surface area contributed by atoms with Crippen LogP contribution in [-0.4, -0.2) is 47.3 Å². The van der Waals surface area contributed by atoms with Gasteiger partial charge in [-0.2, -0.15) is 5.10 Å². The van der Waals surface area contributed by atoms with Crippen molar-refractivity contribution >= 4 is 5.69 Å². The van der Waals surface area contributed by atoms with Crippen LogP contribution in [0.4, 0.5) is 5.69 Å². The first-order valence-electron chi connectivity index (χ1n) is 7.19. The summed E-state index contributed by atoms with van der Waals surface area (Å²) in [6.45, 7) is 7.15. The Labute approximate surface area is 119 Å². The van der Waals surface area contributed by atoms with Crippen LogP contribution in [0.3, 0.4) is 0 Å². The third-order valence-corrected chi connectivity index (χ3v) is 3.89. The van der Waals surface area contributed by atoms with E-state index in [2.05, 4.69) is 10.00 Å². The van der Waals surface area contributed by atoms with Gasteiger partial charge in [-0.3, -0.25) is 4.79 Å². The summed E-state index contributed by atoms with van der Waals surface area (Å²) in [5, 5.41) is 14.2. The Bertz CT molecular complexity index is 483. The fourth-order valence-corrected chi connectivity index (χ4v) is 2.18.